The Hall–Kier alpha value is -1.85. The molecule has 0 aromatic carbocycles. The Kier molecular flexibility index (Phi) is 5.54. The summed E-state index contributed by atoms with van der Waals surface area (Å²) in [4.78, 5) is 21.8. The maximum Gasteiger partial charge on any atom is 0.244 e. The molecule has 1 atom stereocenters. The molecule has 6 heteroatoms. The molecule has 0 fully saturated rings. The molecule has 6 nitrogen and oxygen atoms in total. The summed E-state index contributed by atoms with van der Waals surface area (Å²) < 4.78 is 5.48. The monoisotopic (exact) mass is 266 g/mol. The molecule has 0 bridgehead atoms. The Labute approximate surface area is 114 Å². The highest BCUT2D eigenvalue weighted by molar-refractivity contribution is 5.83. The van der Waals surface area contributed by atoms with E-state index in [4.69, 9.17) is 4.74 Å². The molecule has 1 unspecified atom stereocenters. The number of hydrogen-bond acceptors (Lipinski definition) is 5. The number of amides is 1. The molecule has 0 aliphatic carbocycles. The van der Waals surface area contributed by atoms with Crippen molar-refractivity contribution < 1.29 is 9.53 Å². The Balaban J connectivity index is 2.77. The Morgan fingerprint density at radius 2 is 2.16 bits per heavy atom. The lowest BCUT2D eigenvalue weighted by Crippen LogP contribution is -2.37. The zero-order chi connectivity index (χ0) is 14.4. The Morgan fingerprint density at radius 1 is 1.47 bits per heavy atom. The highest BCUT2D eigenvalue weighted by Gasteiger charge is 2.16. The van der Waals surface area contributed by atoms with E-state index < -0.39 is 0 Å². The van der Waals surface area contributed by atoms with Crippen molar-refractivity contribution in [2.75, 3.05) is 26.0 Å². The zero-order valence-electron chi connectivity index (χ0n) is 12.2. The SMILES string of the molecule is CCCOc1cc(C)nc(NC(C)C(=O)N(C)C)n1. The van der Waals surface area contributed by atoms with Gasteiger partial charge in [-0.2, -0.15) is 4.98 Å². The van der Waals surface area contributed by atoms with Crippen LogP contribution in [0.15, 0.2) is 6.07 Å². The minimum Gasteiger partial charge on any atom is -0.478 e. The van der Waals surface area contributed by atoms with Gasteiger partial charge in [0, 0.05) is 25.9 Å². The van der Waals surface area contributed by atoms with E-state index in [9.17, 15) is 4.79 Å². The second-order valence-corrected chi connectivity index (χ2v) is 4.62. The van der Waals surface area contributed by atoms with Crippen LogP contribution in [0.5, 0.6) is 5.88 Å². The van der Waals surface area contributed by atoms with Gasteiger partial charge in [-0.25, -0.2) is 4.98 Å². The molecule has 0 saturated heterocycles. The fourth-order valence-corrected chi connectivity index (χ4v) is 1.53. The van der Waals surface area contributed by atoms with Crippen LogP contribution in [0.1, 0.15) is 26.0 Å². The second-order valence-electron chi connectivity index (χ2n) is 4.62. The zero-order valence-corrected chi connectivity index (χ0v) is 12.2. The number of carbonyl (C=O) groups is 1. The lowest BCUT2D eigenvalue weighted by atomic mass is 10.3. The number of carbonyl (C=O) groups excluding carboxylic acids is 1. The number of likely N-dealkylation sites (N-methyl/N-ethyl adjacent to an activating group) is 1. The van der Waals surface area contributed by atoms with E-state index >= 15 is 0 Å². The highest BCUT2D eigenvalue weighted by Crippen LogP contribution is 2.13. The summed E-state index contributed by atoms with van der Waals surface area (Å²) in [6.45, 7) is 6.29. The molecule has 0 aliphatic heterocycles. The molecule has 1 rings (SSSR count). The number of aryl methyl sites for hydroxylation is 1. The molecule has 0 saturated carbocycles. The molecule has 1 aromatic heterocycles. The lowest BCUT2D eigenvalue weighted by molar-refractivity contribution is -0.129. The molecule has 19 heavy (non-hydrogen) atoms. The van der Waals surface area contributed by atoms with E-state index in [0.717, 1.165) is 12.1 Å². The highest BCUT2D eigenvalue weighted by atomic mass is 16.5. The van der Waals surface area contributed by atoms with Gasteiger partial charge in [0.2, 0.25) is 17.7 Å². The molecule has 106 valence electrons. The van der Waals surface area contributed by atoms with Gasteiger partial charge in [-0.1, -0.05) is 6.92 Å². The summed E-state index contributed by atoms with van der Waals surface area (Å²) in [7, 11) is 3.43. The van der Waals surface area contributed by atoms with Crippen molar-refractivity contribution in [3.8, 4) is 5.88 Å². The first-order valence-corrected chi connectivity index (χ1v) is 6.40. The quantitative estimate of drug-likeness (QED) is 0.844. The number of nitrogens with one attached hydrogen (secondary N) is 1. The van der Waals surface area contributed by atoms with E-state index in [1.54, 1.807) is 27.1 Å². The third-order valence-electron chi connectivity index (χ3n) is 2.44. The number of aromatic nitrogens is 2. The number of nitrogens with zero attached hydrogens (tertiary/aromatic N) is 3. The van der Waals surface area contributed by atoms with Gasteiger partial charge in [-0.05, 0) is 20.3 Å². The first-order valence-electron chi connectivity index (χ1n) is 6.40. The minimum absolute atomic E-state index is 0.0267. The van der Waals surface area contributed by atoms with Crippen molar-refractivity contribution in [1.82, 2.24) is 14.9 Å². The fourth-order valence-electron chi connectivity index (χ4n) is 1.53. The fraction of sp³-hybridized carbons (Fsp3) is 0.615. The molecule has 0 spiro atoms. The predicted octanol–water partition coefficient (Wildman–Crippen LogP) is 1.46. The van der Waals surface area contributed by atoms with Gasteiger partial charge in [-0.3, -0.25) is 4.79 Å². The normalized spacial score (nSPS) is 11.8. The average Bonchev–Trinajstić information content (AvgIpc) is 2.34. The van der Waals surface area contributed by atoms with Crippen LogP contribution >= 0.6 is 0 Å². The standard InChI is InChI=1S/C13H22N4O2/c1-6-7-19-11-8-9(2)14-13(16-11)15-10(3)12(18)17(4)5/h8,10H,6-7H2,1-5H3,(H,14,15,16). The Bertz CT molecular complexity index is 435. The topological polar surface area (TPSA) is 67.3 Å². The number of anilines is 1. The van der Waals surface area contributed by atoms with Crippen LogP contribution in [0.4, 0.5) is 5.95 Å². The summed E-state index contributed by atoms with van der Waals surface area (Å²) in [6, 6.07) is 1.40. The summed E-state index contributed by atoms with van der Waals surface area (Å²) in [5, 5.41) is 2.99. The smallest absolute Gasteiger partial charge is 0.244 e. The summed E-state index contributed by atoms with van der Waals surface area (Å²) >= 11 is 0. The summed E-state index contributed by atoms with van der Waals surface area (Å²) in [6.07, 6.45) is 0.918. The number of ether oxygens (including phenoxy) is 1. The minimum atomic E-state index is -0.379. The molecule has 1 N–H and O–H groups in total. The van der Waals surface area contributed by atoms with Crippen molar-refractivity contribution >= 4 is 11.9 Å². The molecule has 1 heterocycles. The predicted molar refractivity (Wildman–Crippen MR) is 74.3 cm³/mol. The maximum absolute atomic E-state index is 11.8. The molecule has 1 amide bonds. The van der Waals surface area contributed by atoms with Gasteiger partial charge in [0.1, 0.15) is 6.04 Å². The van der Waals surface area contributed by atoms with Crippen LogP contribution in [0, 0.1) is 6.92 Å². The number of rotatable bonds is 6. The first kappa shape index (κ1) is 15.2. The molecule has 1 aromatic rings. The number of hydrogen-bond donors (Lipinski definition) is 1. The van der Waals surface area contributed by atoms with Crippen LogP contribution in [-0.4, -0.2) is 47.5 Å². The third-order valence-corrected chi connectivity index (χ3v) is 2.44. The van der Waals surface area contributed by atoms with Gasteiger partial charge in [0.15, 0.2) is 0 Å². The van der Waals surface area contributed by atoms with Crippen molar-refractivity contribution in [1.29, 1.82) is 0 Å². The molecule has 0 radical (unpaired) electrons. The second kappa shape index (κ2) is 6.92. The van der Waals surface area contributed by atoms with Crippen LogP contribution in [-0.2, 0) is 4.79 Å². The van der Waals surface area contributed by atoms with E-state index in [1.807, 2.05) is 13.8 Å². The Morgan fingerprint density at radius 3 is 2.74 bits per heavy atom. The summed E-state index contributed by atoms with van der Waals surface area (Å²) in [5.74, 6) is 0.913. The molecule has 0 aliphatic rings. The van der Waals surface area contributed by atoms with Crippen LogP contribution in [0.2, 0.25) is 0 Å². The van der Waals surface area contributed by atoms with E-state index in [0.29, 0.717) is 18.4 Å². The van der Waals surface area contributed by atoms with Gasteiger partial charge < -0.3 is 15.0 Å². The average molecular weight is 266 g/mol. The van der Waals surface area contributed by atoms with E-state index in [-0.39, 0.29) is 11.9 Å². The van der Waals surface area contributed by atoms with Crippen molar-refractivity contribution in [3.63, 3.8) is 0 Å². The maximum atomic E-state index is 11.8. The lowest BCUT2D eigenvalue weighted by Gasteiger charge is -2.18. The molecular weight excluding hydrogens is 244 g/mol. The largest absolute Gasteiger partial charge is 0.478 e. The third kappa shape index (κ3) is 4.73. The summed E-state index contributed by atoms with van der Waals surface area (Å²) in [5.41, 5.74) is 0.799. The van der Waals surface area contributed by atoms with Gasteiger partial charge in [0.05, 0.1) is 6.61 Å². The van der Waals surface area contributed by atoms with E-state index in [1.165, 1.54) is 4.90 Å². The molecular formula is C13H22N4O2. The van der Waals surface area contributed by atoms with Crippen molar-refractivity contribution in [2.45, 2.75) is 33.2 Å². The first-order chi connectivity index (χ1) is 8.93. The van der Waals surface area contributed by atoms with Crippen LogP contribution in [0.3, 0.4) is 0 Å². The van der Waals surface area contributed by atoms with Crippen molar-refractivity contribution in [2.24, 2.45) is 0 Å². The van der Waals surface area contributed by atoms with E-state index in [2.05, 4.69) is 15.3 Å². The van der Waals surface area contributed by atoms with Crippen LogP contribution in [0.25, 0.3) is 0 Å². The van der Waals surface area contributed by atoms with Crippen LogP contribution < -0.4 is 10.1 Å². The van der Waals surface area contributed by atoms with Crippen molar-refractivity contribution in [3.05, 3.63) is 11.8 Å². The van der Waals surface area contributed by atoms with Gasteiger partial charge in [-0.15, -0.1) is 0 Å². The van der Waals surface area contributed by atoms with Gasteiger partial charge in [0.25, 0.3) is 0 Å². The van der Waals surface area contributed by atoms with Gasteiger partial charge >= 0.3 is 0 Å².